The number of nitrogens with zero attached hydrogens (tertiary/aromatic N) is 1. The highest BCUT2D eigenvalue weighted by molar-refractivity contribution is 7.86. The van der Waals surface area contributed by atoms with Crippen molar-refractivity contribution in [1.82, 2.24) is 4.98 Å². The van der Waals surface area contributed by atoms with Crippen LogP contribution in [0.15, 0.2) is 24.4 Å². The van der Waals surface area contributed by atoms with Gasteiger partial charge in [0.15, 0.2) is 5.75 Å². The predicted octanol–water partition coefficient (Wildman–Crippen LogP) is 3.24. The summed E-state index contributed by atoms with van der Waals surface area (Å²) in [6.07, 6.45) is 1.94. The standard InChI is InChI=1S/C12H8Cl2FNO4S/c1-21(18,19)20-6-2-9(14)12(16-5-6)7-3-11(17)8(13)4-10(7)15/h2-5,17H,1H3. The van der Waals surface area contributed by atoms with E-state index in [1.807, 2.05) is 0 Å². The molecule has 0 spiro atoms. The molecule has 0 saturated heterocycles. The predicted molar refractivity (Wildman–Crippen MR) is 76.8 cm³/mol. The fourth-order valence-electron chi connectivity index (χ4n) is 1.56. The van der Waals surface area contributed by atoms with Crippen molar-refractivity contribution in [1.29, 1.82) is 0 Å². The molecule has 0 aliphatic rings. The minimum Gasteiger partial charge on any atom is -0.506 e. The molecule has 1 aromatic heterocycles. The highest BCUT2D eigenvalue weighted by Crippen LogP contribution is 2.35. The zero-order valence-corrected chi connectivity index (χ0v) is 12.8. The average molecular weight is 352 g/mol. The van der Waals surface area contributed by atoms with Gasteiger partial charge in [-0.3, -0.25) is 4.98 Å². The van der Waals surface area contributed by atoms with Crippen LogP contribution in [-0.4, -0.2) is 24.8 Å². The van der Waals surface area contributed by atoms with E-state index in [0.29, 0.717) is 0 Å². The summed E-state index contributed by atoms with van der Waals surface area (Å²) in [6, 6.07) is 3.17. The molecule has 2 rings (SSSR count). The molecule has 0 amide bonds. The lowest BCUT2D eigenvalue weighted by Gasteiger charge is -2.08. The van der Waals surface area contributed by atoms with Crippen molar-refractivity contribution in [2.75, 3.05) is 6.26 Å². The highest BCUT2D eigenvalue weighted by atomic mass is 35.5. The summed E-state index contributed by atoms with van der Waals surface area (Å²) in [5.41, 5.74) is -0.0604. The van der Waals surface area contributed by atoms with Crippen LogP contribution in [0.4, 0.5) is 4.39 Å². The maximum atomic E-state index is 13.8. The Bertz CT molecular complexity index is 811. The van der Waals surface area contributed by atoms with E-state index in [0.717, 1.165) is 24.6 Å². The summed E-state index contributed by atoms with van der Waals surface area (Å²) >= 11 is 11.5. The van der Waals surface area contributed by atoms with Crippen LogP contribution in [0.5, 0.6) is 11.5 Å². The van der Waals surface area contributed by atoms with E-state index in [2.05, 4.69) is 9.17 Å². The quantitative estimate of drug-likeness (QED) is 0.859. The van der Waals surface area contributed by atoms with E-state index in [1.165, 1.54) is 6.07 Å². The molecular formula is C12H8Cl2FNO4S. The zero-order chi connectivity index (χ0) is 15.8. The van der Waals surface area contributed by atoms with Gasteiger partial charge in [-0.25, -0.2) is 4.39 Å². The number of halogens is 3. The molecule has 112 valence electrons. The second-order valence-electron chi connectivity index (χ2n) is 4.07. The number of pyridine rings is 1. The number of phenolic OH excluding ortho intramolecular Hbond substituents is 1. The van der Waals surface area contributed by atoms with Crippen molar-refractivity contribution in [3.63, 3.8) is 0 Å². The Morgan fingerprint density at radius 1 is 1.24 bits per heavy atom. The van der Waals surface area contributed by atoms with Crippen molar-refractivity contribution in [3.8, 4) is 22.8 Å². The topological polar surface area (TPSA) is 76.5 Å². The molecule has 21 heavy (non-hydrogen) atoms. The minimum absolute atomic E-state index is 0.0157. The van der Waals surface area contributed by atoms with Crippen LogP contribution in [0.2, 0.25) is 10.0 Å². The lowest BCUT2D eigenvalue weighted by atomic mass is 10.1. The van der Waals surface area contributed by atoms with Crippen LogP contribution in [0.1, 0.15) is 0 Å². The molecule has 0 saturated carbocycles. The average Bonchev–Trinajstić information content (AvgIpc) is 2.32. The van der Waals surface area contributed by atoms with Crippen LogP contribution in [0.25, 0.3) is 11.3 Å². The number of aromatic hydroxyl groups is 1. The molecule has 0 radical (unpaired) electrons. The maximum absolute atomic E-state index is 13.8. The van der Waals surface area contributed by atoms with Crippen molar-refractivity contribution in [3.05, 3.63) is 40.3 Å². The molecule has 1 heterocycles. The van der Waals surface area contributed by atoms with Crippen LogP contribution in [0.3, 0.4) is 0 Å². The van der Waals surface area contributed by atoms with Crippen molar-refractivity contribution in [2.24, 2.45) is 0 Å². The van der Waals surface area contributed by atoms with E-state index in [-0.39, 0.29) is 32.8 Å². The Balaban J connectivity index is 2.49. The van der Waals surface area contributed by atoms with Gasteiger partial charge in [0.25, 0.3) is 0 Å². The molecule has 0 aliphatic heterocycles. The Morgan fingerprint density at radius 2 is 1.90 bits per heavy atom. The van der Waals surface area contributed by atoms with Crippen molar-refractivity contribution >= 4 is 33.3 Å². The van der Waals surface area contributed by atoms with E-state index in [4.69, 9.17) is 23.2 Å². The second-order valence-corrected chi connectivity index (χ2v) is 6.46. The fourth-order valence-corrected chi connectivity index (χ4v) is 2.41. The first-order valence-electron chi connectivity index (χ1n) is 5.41. The van der Waals surface area contributed by atoms with E-state index < -0.39 is 15.9 Å². The molecule has 1 N–H and O–H groups in total. The van der Waals surface area contributed by atoms with Crippen molar-refractivity contribution < 1.29 is 22.1 Å². The van der Waals surface area contributed by atoms with Gasteiger partial charge >= 0.3 is 10.1 Å². The van der Waals surface area contributed by atoms with Crippen LogP contribution >= 0.6 is 23.2 Å². The lowest BCUT2D eigenvalue weighted by molar-refractivity contribution is 0.474. The number of benzene rings is 1. The van der Waals surface area contributed by atoms with Gasteiger partial charge in [0.1, 0.15) is 11.6 Å². The highest BCUT2D eigenvalue weighted by Gasteiger charge is 2.16. The summed E-state index contributed by atoms with van der Waals surface area (Å²) < 4.78 is 40.5. The van der Waals surface area contributed by atoms with E-state index in [1.54, 1.807) is 0 Å². The molecule has 0 unspecified atom stereocenters. The Labute approximate surface area is 130 Å². The first kappa shape index (κ1) is 15.8. The van der Waals surface area contributed by atoms with Crippen molar-refractivity contribution in [2.45, 2.75) is 0 Å². The summed E-state index contributed by atoms with van der Waals surface area (Å²) in [6.45, 7) is 0. The molecule has 0 fully saturated rings. The third-order valence-electron chi connectivity index (χ3n) is 2.36. The summed E-state index contributed by atoms with van der Waals surface area (Å²) in [7, 11) is -3.72. The van der Waals surface area contributed by atoms with E-state index in [9.17, 15) is 17.9 Å². The molecule has 0 atom stereocenters. The first-order chi connectivity index (χ1) is 9.67. The monoisotopic (exact) mass is 351 g/mol. The summed E-state index contributed by atoms with van der Waals surface area (Å²) in [5.74, 6) is -1.17. The van der Waals surface area contributed by atoms with Gasteiger partial charge in [0.05, 0.1) is 28.2 Å². The van der Waals surface area contributed by atoms with Gasteiger partial charge in [0.2, 0.25) is 0 Å². The Kier molecular flexibility index (Phi) is 4.27. The normalized spacial score (nSPS) is 11.4. The first-order valence-corrected chi connectivity index (χ1v) is 7.98. The Hall–Kier alpha value is -1.57. The van der Waals surface area contributed by atoms with Crippen LogP contribution < -0.4 is 4.18 Å². The third-order valence-corrected chi connectivity index (χ3v) is 3.44. The van der Waals surface area contributed by atoms with Gasteiger partial charge < -0.3 is 9.29 Å². The summed E-state index contributed by atoms with van der Waals surface area (Å²) in [4.78, 5) is 3.85. The maximum Gasteiger partial charge on any atom is 0.306 e. The largest absolute Gasteiger partial charge is 0.506 e. The zero-order valence-electron chi connectivity index (χ0n) is 10.5. The molecule has 2 aromatic rings. The van der Waals surface area contributed by atoms with Gasteiger partial charge in [-0.05, 0) is 12.1 Å². The number of hydrogen-bond acceptors (Lipinski definition) is 5. The number of hydrogen-bond donors (Lipinski definition) is 1. The minimum atomic E-state index is -3.72. The number of phenols is 1. The molecule has 9 heteroatoms. The molecule has 0 bridgehead atoms. The van der Waals surface area contributed by atoms with Crippen LogP contribution in [0, 0.1) is 5.82 Å². The smallest absolute Gasteiger partial charge is 0.306 e. The molecular weight excluding hydrogens is 344 g/mol. The molecule has 0 aliphatic carbocycles. The lowest BCUT2D eigenvalue weighted by Crippen LogP contribution is -2.06. The number of aromatic nitrogens is 1. The van der Waals surface area contributed by atoms with Crippen LogP contribution in [-0.2, 0) is 10.1 Å². The summed E-state index contributed by atoms with van der Waals surface area (Å²) in [5, 5.41) is 9.32. The molecule has 5 nitrogen and oxygen atoms in total. The van der Waals surface area contributed by atoms with E-state index >= 15 is 0 Å². The third kappa shape index (κ3) is 3.75. The van der Waals surface area contributed by atoms with Gasteiger partial charge in [0, 0.05) is 11.6 Å². The SMILES string of the molecule is CS(=O)(=O)Oc1cnc(-c2cc(O)c(Cl)cc2F)c(Cl)c1. The van der Waals surface area contributed by atoms with Gasteiger partial charge in [-0.2, -0.15) is 8.42 Å². The molecule has 1 aromatic carbocycles. The number of rotatable bonds is 3. The van der Waals surface area contributed by atoms with Gasteiger partial charge in [-0.15, -0.1) is 0 Å². The Morgan fingerprint density at radius 3 is 2.48 bits per heavy atom. The van der Waals surface area contributed by atoms with Gasteiger partial charge in [-0.1, -0.05) is 23.2 Å². The fraction of sp³-hybridized carbons (Fsp3) is 0.0833. The second kappa shape index (κ2) is 5.67.